The second-order valence-electron chi connectivity index (χ2n) is 8.33. The van der Waals surface area contributed by atoms with E-state index in [2.05, 4.69) is 22.3 Å². The number of methoxy groups -OCH3 is 1. The van der Waals surface area contributed by atoms with Crippen molar-refractivity contribution in [3.63, 3.8) is 0 Å². The van der Waals surface area contributed by atoms with Gasteiger partial charge in [-0.05, 0) is 42.7 Å². The molecule has 0 aromatic heterocycles. The molecule has 33 heavy (non-hydrogen) atoms. The highest BCUT2D eigenvalue weighted by molar-refractivity contribution is 7.92. The van der Waals surface area contributed by atoms with Crippen molar-refractivity contribution in [2.75, 3.05) is 44.0 Å². The van der Waals surface area contributed by atoms with Gasteiger partial charge >= 0.3 is 0 Å². The van der Waals surface area contributed by atoms with Crippen molar-refractivity contribution in [2.45, 2.75) is 33.0 Å². The number of sulfonamides is 1. The molecule has 1 saturated heterocycles. The Balaban J connectivity index is 1.66. The second kappa shape index (κ2) is 11.0. The van der Waals surface area contributed by atoms with E-state index in [1.165, 1.54) is 12.7 Å². The van der Waals surface area contributed by atoms with E-state index in [9.17, 15) is 13.2 Å². The number of hydrogen-bond acceptors (Lipinski definition) is 6. The van der Waals surface area contributed by atoms with Crippen LogP contribution in [0, 0.1) is 6.92 Å². The minimum absolute atomic E-state index is 0.309. The lowest BCUT2D eigenvalue weighted by Crippen LogP contribution is -2.47. The van der Waals surface area contributed by atoms with Crippen LogP contribution in [0.15, 0.2) is 42.5 Å². The van der Waals surface area contributed by atoms with Crippen molar-refractivity contribution in [3.05, 3.63) is 59.2 Å². The summed E-state index contributed by atoms with van der Waals surface area (Å²) in [7, 11) is -2.26. The summed E-state index contributed by atoms with van der Waals surface area (Å²) in [5.41, 5.74) is 3.36. The molecule has 1 fully saturated rings. The van der Waals surface area contributed by atoms with Crippen molar-refractivity contribution in [3.8, 4) is 5.75 Å². The summed E-state index contributed by atoms with van der Waals surface area (Å²) in [6.45, 7) is 8.00. The van der Waals surface area contributed by atoms with Gasteiger partial charge in [0.2, 0.25) is 15.9 Å². The van der Waals surface area contributed by atoms with Crippen molar-refractivity contribution < 1.29 is 22.7 Å². The summed E-state index contributed by atoms with van der Waals surface area (Å²) in [5, 5.41) is 2.86. The van der Waals surface area contributed by atoms with Crippen LogP contribution in [0.3, 0.4) is 0 Å². The number of carbonyl (C=O) groups excluding carboxylic acids is 1. The lowest BCUT2D eigenvalue weighted by atomic mass is 10.1. The van der Waals surface area contributed by atoms with Gasteiger partial charge in [0, 0.05) is 26.2 Å². The first-order chi connectivity index (χ1) is 15.7. The predicted molar refractivity (Wildman–Crippen MR) is 129 cm³/mol. The van der Waals surface area contributed by atoms with Crippen molar-refractivity contribution in [1.82, 2.24) is 10.2 Å². The van der Waals surface area contributed by atoms with Crippen LogP contribution in [0.1, 0.15) is 23.6 Å². The van der Waals surface area contributed by atoms with Crippen molar-refractivity contribution in [2.24, 2.45) is 0 Å². The van der Waals surface area contributed by atoms with Gasteiger partial charge < -0.3 is 14.8 Å². The fourth-order valence-electron chi connectivity index (χ4n) is 3.87. The number of amides is 1. The zero-order valence-corrected chi connectivity index (χ0v) is 20.5. The molecule has 1 amide bonds. The monoisotopic (exact) mass is 475 g/mol. The first kappa shape index (κ1) is 25.0. The highest BCUT2D eigenvalue weighted by atomic mass is 32.2. The summed E-state index contributed by atoms with van der Waals surface area (Å²) in [6.07, 6.45) is 1.09. The molecule has 1 heterocycles. The molecule has 9 heteroatoms. The Morgan fingerprint density at radius 1 is 1.15 bits per heavy atom. The first-order valence-electron chi connectivity index (χ1n) is 11.0. The quantitative estimate of drug-likeness (QED) is 0.599. The SMILES string of the molecule is COc1ccc(C)cc1N([C@H](C)C(=O)NCc1ccc(CN2CCOCC2)cc1)S(C)(=O)=O. The van der Waals surface area contributed by atoms with E-state index < -0.39 is 16.1 Å². The van der Waals surface area contributed by atoms with Crippen LogP contribution in [0.25, 0.3) is 0 Å². The summed E-state index contributed by atoms with van der Waals surface area (Å²) in [4.78, 5) is 15.3. The Morgan fingerprint density at radius 3 is 2.39 bits per heavy atom. The highest BCUT2D eigenvalue weighted by Crippen LogP contribution is 2.32. The molecule has 2 aromatic carbocycles. The molecule has 1 N–H and O–H groups in total. The van der Waals surface area contributed by atoms with Crippen LogP contribution in [0.2, 0.25) is 0 Å². The van der Waals surface area contributed by atoms with Gasteiger partial charge in [-0.15, -0.1) is 0 Å². The van der Waals surface area contributed by atoms with E-state index in [1.807, 2.05) is 25.1 Å². The normalized spacial score (nSPS) is 15.6. The van der Waals surface area contributed by atoms with Crippen LogP contribution >= 0.6 is 0 Å². The van der Waals surface area contributed by atoms with E-state index >= 15 is 0 Å². The van der Waals surface area contributed by atoms with Crippen LogP contribution in [-0.4, -0.2) is 64.9 Å². The van der Waals surface area contributed by atoms with E-state index in [0.717, 1.165) is 54.5 Å². The van der Waals surface area contributed by atoms with E-state index in [4.69, 9.17) is 9.47 Å². The number of rotatable bonds is 9. The van der Waals surface area contributed by atoms with E-state index in [-0.39, 0.29) is 5.91 Å². The third-order valence-electron chi connectivity index (χ3n) is 5.66. The number of anilines is 1. The van der Waals surface area contributed by atoms with Crippen LogP contribution in [0.4, 0.5) is 5.69 Å². The van der Waals surface area contributed by atoms with Gasteiger partial charge in [0.05, 0.1) is 32.3 Å². The fraction of sp³-hybridized carbons (Fsp3) is 0.458. The molecule has 3 rings (SSSR count). The molecule has 0 aliphatic carbocycles. The maximum Gasteiger partial charge on any atom is 0.243 e. The van der Waals surface area contributed by atoms with Gasteiger partial charge in [-0.1, -0.05) is 30.3 Å². The molecule has 8 nitrogen and oxygen atoms in total. The van der Waals surface area contributed by atoms with Gasteiger partial charge in [0.15, 0.2) is 0 Å². The minimum Gasteiger partial charge on any atom is -0.495 e. The number of benzene rings is 2. The molecule has 0 saturated carbocycles. The molecule has 1 atom stereocenters. The Labute approximate surface area is 196 Å². The average Bonchev–Trinajstić information content (AvgIpc) is 2.78. The first-order valence-corrected chi connectivity index (χ1v) is 12.8. The molecule has 0 bridgehead atoms. The summed E-state index contributed by atoms with van der Waals surface area (Å²) in [6, 6.07) is 12.4. The van der Waals surface area contributed by atoms with E-state index in [0.29, 0.717) is 18.0 Å². The molecule has 0 unspecified atom stereocenters. The maximum absolute atomic E-state index is 12.9. The van der Waals surface area contributed by atoms with Crippen molar-refractivity contribution >= 4 is 21.6 Å². The molecular weight excluding hydrogens is 442 g/mol. The zero-order chi connectivity index (χ0) is 24.0. The van der Waals surface area contributed by atoms with Gasteiger partial charge in [0.1, 0.15) is 11.8 Å². The molecule has 1 aliphatic heterocycles. The Hall–Kier alpha value is -2.62. The fourth-order valence-corrected chi connectivity index (χ4v) is 5.04. The van der Waals surface area contributed by atoms with Gasteiger partial charge in [-0.3, -0.25) is 14.0 Å². The van der Waals surface area contributed by atoms with E-state index in [1.54, 1.807) is 19.1 Å². The number of ether oxygens (including phenoxy) is 2. The smallest absolute Gasteiger partial charge is 0.243 e. The van der Waals surface area contributed by atoms with Gasteiger partial charge in [-0.2, -0.15) is 0 Å². The average molecular weight is 476 g/mol. The molecule has 1 aliphatic rings. The number of hydrogen-bond donors (Lipinski definition) is 1. The predicted octanol–water partition coefficient (Wildman–Crippen LogP) is 2.31. The number of morpholine rings is 1. The summed E-state index contributed by atoms with van der Waals surface area (Å²) < 4.78 is 37.1. The minimum atomic E-state index is -3.74. The number of aryl methyl sites for hydroxylation is 1. The Morgan fingerprint density at radius 2 is 1.79 bits per heavy atom. The highest BCUT2D eigenvalue weighted by Gasteiger charge is 2.31. The molecule has 180 valence electrons. The Bertz CT molecular complexity index is 1050. The Kier molecular flexibility index (Phi) is 8.34. The standard InChI is InChI=1S/C24H33N3O5S/c1-18-5-10-23(31-3)22(15-18)27(33(4,29)30)19(2)24(28)25-16-20-6-8-21(9-7-20)17-26-11-13-32-14-12-26/h5-10,15,19H,11-14,16-17H2,1-4H3,(H,25,28)/t19-/m1/s1. The molecular formula is C24H33N3O5S. The topological polar surface area (TPSA) is 88.2 Å². The third-order valence-corrected chi connectivity index (χ3v) is 6.89. The molecule has 0 radical (unpaired) electrons. The summed E-state index contributed by atoms with van der Waals surface area (Å²) in [5.74, 6) is 0.00269. The lowest BCUT2D eigenvalue weighted by molar-refractivity contribution is -0.122. The summed E-state index contributed by atoms with van der Waals surface area (Å²) >= 11 is 0. The maximum atomic E-state index is 12.9. The van der Waals surface area contributed by atoms with Crippen LogP contribution in [-0.2, 0) is 32.6 Å². The van der Waals surface area contributed by atoms with Crippen LogP contribution in [0.5, 0.6) is 5.75 Å². The van der Waals surface area contributed by atoms with Crippen molar-refractivity contribution in [1.29, 1.82) is 0 Å². The largest absolute Gasteiger partial charge is 0.495 e. The number of carbonyl (C=O) groups is 1. The second-order valence-corrected chi connectivity index (χ2v) is 10.2. The molecule has 0 spiro atoms. The van der Waals surface area contributed by atoms with Gasteiger partial charge in [0.25, 0.3) is 0 Å². The third kappa shape index (κ3) is 6.69. The zero-order valence-electron chi connectivity index (χ0n) is 19.7. The number of nitrogens with one attached hydrogen (secondary N) is 1. The lowest BCUT2D eigenvalue weighted by Gasteiger charge is -2.29. The molecule has 2 aromatic rings. The van der Waals surface area contributed by atoms with Gasteiger partial charge in [-0.25, -0.2) is 8.42 Å². The number of nitrogens with zero attached hydrogens (tertiary/aromatic N) is 2. The van der Waals surface area contributed by atoms with Crippen LogP contribution < -0.4 is 14.4 Å².